The quantitative estimate of drug-likeness (QED) is 0.561. The Morgan fingerprint density at radius 3 is 2.79 bits per heavy atom. The molecule has 0 aliphatic carbocycles. The number of para-hydroxylation sites is 2. The molecule has 0 unspecified atom stereocenters. The van der Waals surface area contributed by atoms with E-state index in [0.717, 1.165) is 0 Å². The van der Waals surface area contributed by atoms with Gasteiger partial charge >= 0.3 is 0 Å². The van der Waals surface area contributed by atoms with E-state index in [1.807, 2.05) is 0 Å². The largest absolute Gasteiger partial charge is 0.504 e. The van der Waals surface area contributed by atoms with Gasteiger partial charge in [0.25, 0.3) is 5.91 Å². The predicted octanol–water partition coefficient (Wildman–Crippen LogP) is 0.286. The van der Waals surface area contributed by atoms with Crippen molar-refractivity contribution in [2.45, 2.75) is 6.42 Å². The molecule has 19 heavy (non-hydrogen) atoms. The van der Waals surface area contributed by atoms with Crippen LogP contribution in [-0.4, -0.2) is 49.1 Å². The van der Waals surface area contributed by atoms with Gasteiger partial charge in [-0.1, -0.05) is 12.1 Å². The van der Waals surface area contributed by atoms with Crippen molar-refractivity contribution in [3.05, 3.63) is 24.3 Å². The van der Waals surface area contributed by atoms with Crippen LogP contribution in [0.15, 0.2) is 24.3 Å². The first-order valence-electron chi connectivity index (χ1n) is 6.10. The number of carbonyl (C=O) groups is 1. The van der Waals surface area contributed by atoms with Crippen molar-refractivity contribution in [1.29, 1.82) is 0 Å². The Labute approximate surface area is 112 Å². The van der Waals surface area contributed by atoms with Crippen LogP contribution < -0.4 is 10.1 Å². The second kappa shape index (κ2) is 9.18. The van der Waals surface area contributed by atoms with Gasteiger partial charge in [0.1, 0.15) is 0 Å². The van der Waals surface area contributed by atoms with Gasteiger partial charge in [0.2, 0.25) is 0 Å². The number of benzene rings is 1. The van der Waals surface area contributed by atoms with Crippen LogP contribution in [0.2, 0.25) is 0 Å². The molecule has 0 spiro atoms. The van der Waals surface area contributed by atoms with Crippen molar-refractivity contribution >= 4 is 5.91 Å². The average Bonchev–Trinajstić information content (AvgIpc) is 2.42. The Balaban J connectivity index is 2.10. The molecule has 0 aliphatic rings. The summed E-state index contributed by atoms with van der Waals surface area (Å²) in [6.07, 6.45) is 0.669. The lowest BCUT2D eigenvalue weighted by Gasteiger charge is -2.08. The molecule has 0 fully saturated rings. The summed E-state index contributed by atoms with van der Waals surface area (Å²) in [6, 6.07) is 6.47. The normalized spacial score (nSPS) is 10.2. The summed E-state index contributed by atoms with van der Waals surface area (Å²) in [4.78, 5) is 11.4. The number of hydrogen-bond acceptors (Lipinski definition) is 5. The predicted molar refractivity (Wildman–Crippen MR) is 69.1 cm³/mol. The van der Waals surface area contributed by atoms with Gasteiger partial charge < -0.3 is 25.0 Å². The lowest BCUT2D eigenvalue weighted by Crippen LogP contribution is -2.30. The number of carbonyl (C=O) groups excluding carboxylic acids is 1. The van der Waals surface area contributed by atoms with Crippen LogP contribution in [0.4, 0.5) is 0 Å². The average molecular weight is 269 g/mol. The topological polar surface area (TPSA) is 88.0 Å². The monoisotopic (exact) mass is 269 g/mol. The van der Waals surface area contributed by atoms with Gasteiger partial charge in [-0.15, -0.1) is 0 Å². The van der Waals surface area contributed by atoms with Crippen LogP contribution in [0.25, 0.3) is 0 Å². The molecule has 0 heterocycles. The fraction of sp³-hybridized carbons (Fsp3) is 0.462. The van der Waals surface area contributed by atoms with Crippen molar-refractivity contribution in [3.8, 4) is 11.5 Å². The van der Waals surface area contributed by atoms with Crippen LogP contribution in [0.1, 0.15) is 6.42 Å². The van der Waals surface area contributed by atoms with Gasteiger partial charge in [-0.3, -0.25) is 4.79 Å². The Morgan fingerprint density at radius 2 is 2.05 bits per heavy atom. The summed E-state index contributed by atoms with van der Waals surface area (Å²) in [5.41, 5.74) is 0. The molecule has 0 aromatic heterocycles. The Morgan fingerprint density at radius 1 is 1.26 bits per heavy atom. The number of rotatable bonds is 9. The highest BCUT2D eigenvalue weighted by Gasteiger charge is 2.04. The molecule has 1 aromatic carbocycles. The van der Waals surface area contributed by atoms with Gasteiger partial charge in [0, 0.05) is 13.2 Å². The fourth-order valence-electron chi connectivity index (χ4n) is 1.34. The number of phenols is 1. The summed E-state index contributed by atoms with van der Waals surface area (Å²) in [6.45, 7) is 1.13. The second-order valence-electron chi connectivity index (χ2n) is 3.80. The van der Waals surface area contributed by atoms with Gasteiger partial charge in [-0.25, -0.2) is 0 Å². The van der Waals surface area contributed by atoms with E-state index in [1.165, 1.54) is 6.07 Å². The maximum absolute atomic E-state index is 11.4. The van der Waals surface area contributed by atoms with Crippen LogP contribution in [0, 0.1) is 0 Å². The molecule has 6 heteroatoms. The molecule has 0 radical (unpaired) electrons. The molecule has 0 bridgehead atoms. The van der Waals surface area contributed by atoms with E-state index in [1.54, 1.807) is 18.2 Å². The highest BCUT2D eigenvalue weighted by Crippen LogP contribution is 2.23. The zero-order valence-electron chi connectivity index (χ0n) is 10.7. The molecule has 3 N–H and O–H groups in total. The summed E-state index contributed by atoms with van der Waals surface area (Å²) in [5.74, 6) is 0.0297. The summed E-state index contributed by atoms with van der Waals surface area (Å²) < 4.78 is 10.2. The second-order valence-corrected chi connectivity index (χ2v) is 3.80. The molecule has 1 rings (SSSR count). The number of aliphatic hydroxyl groups is 1. The van der Waals surface area contributed by atoms with Crippen molar-refractivity contribution in [1.82, 2.24) is 5.32 Å². The maximum atomic E-state index is 11.4. The standard InChI is InChI=1S/C13H19NO5/c15-7-9-18-8-3-6-14-13(17)10-19-12-5-2-1-4-11(12)16/h1-2,4-5,15-16H,3,6-10H2,(H,14,17). The van der Waals surface area contributed by atoms with E-state index < -0.39 is 0 Å². The Bertz CT molecular complexity index is 383. The van der Waals surface area contributed by atoms with E-state index in [2.05, 4.69) is 5.32 Å². The third-order valence-corrected chi connectivity index (χ3v) is 2.25. The van der Waals surface area contributed by atoms with Crippen LogP contribution >= 0.6 is 0 Å². The summed E-state index contributed by atoms with van der Waals surface area (Å²) >= 11 is 0. The number of ether oxygens (including phenoxy) is 2. The first-order chi connectivity index (χ1) is 9.24. The van der Waals surface area contributed by atoms with E-state index in [-0.39, 0.29) is 30.6 Å². The fourth-order valence-corrected chi connectivity index (χ4v) is 1.34. The molecule has 1 amide bonds. The van der Waals surface area contributed by atoms with Gasteiger partial charge in [0.15, 0.2) is 18.1 Å². The van der Waals surface area contributed by atoms with E-state index in [9.17, 15) is 9.90 Å². The summed E-state index contributed by atoms with van der Waals surface area (Å²) in [5, 5.41) is 20.6. The molecule has 0 atom stereocenters. The number of nitrogens with one attached hydrogen (secondary N) is 1. The third-order valence-electron chi connectivity index (χ3n) is 2.25. The van der Waals surface area contributed by atoms with Crippen molar-refractivity contribution in [3.63, 3.8) is 0 Å². The van der Waals surface area contributed by atoms with Crippen LogP contribution in [-0.2, 0) is 9.53 Å². The van der Waals surface area contributed by atoms with E-state index >= 15 is 0 Å². The number of aromatic hydroxyl groups is 1. The van der Waals surface area contributed by atoms with Crippen molar-refractivity contribution in [2.24, 2.45) is 0 Å². The minimum absolute atomic E-state index is 0.000762. The smallest absolute Gasteiger partial charge is 0.257 e. The van der Waals surface area contributed by atoms with Crippen molar-refractivity contribution in [2.75, 3.05) is 33.0 Å². The maximum Gasteiger partial charge on any atom is 0.257 e. The number of amides is 1. The minimum atomic E-state index is -0.259. The Hall–Kier alpha value is -1.79. The summed E-state index contributed by atoms with van der Waals surface area (Å²) in [7, 11) is 0. The van der Waals surface area contributed by atoms with Crippen molar-refractivity contribution < 1.29 is 24.5 Å². The van der Waals surface area contributed by atoms with Gasteiger partial charge in [-0.05, 0) is 18.6 Å². The lowest BCUT2D eigenvalue weighted by molar-refractivity contribution is -0.123. The lowest BCUT2D eigenvalue weighted by atomic mass is 10.3. The van der Waals surface area contributed by atoms with Gasteiger partial charge in [0.05, 0.1) is 13.2 Å². The van der Waals surface area contributed by atoms with Crippen LogP contribution in [0.3, 0.4) is 0 Å². The number of phenolic OH excluding ortho intramolecular Hbond substituents is 1. The first kappa shape index (κ1) is 15.3. The molecular weight excluding hydrogens is 250 g/mol. The molecular formula is C13H19NO5. The minimum Gasteiger partial charge on any atom is -0.504 e. The number of aliphatic hydroxyl groups excluding tert-OH is 1. The molecule has 0 saturated heterocycles. The highest BCUT2D eigenvalue weighted by molar-refractivity contribution is 5.77. The first-order valence-corrected chi connectivity index (χ1v) is 6.10. The highest BCUT2D eigenvalue weighted by atomic mass is 16.5. The van der Waals surface area contributed by atoms with Gasteiger partial charge in [-0.2, -0.15) is 0 Å². The number of hydrogen-bond donors (Lipinski definition) is 3. The molecule has 0 saturated carbocycles. The zero-order valence-corrected chi connectivity index (χ0v) is 10.7. The Kier molecular flexibility index (Phi) is 7.38. The zero-order chi connectivity index (χ0) is 13.9. The molecule has 1 aromatic rings. The van der Waals surface area contributed by atoms with E-state index in [0.29, 0.717) is 26.2 Å². The SMILES string of the molecule is O=C(COc1ccccc1O)NCCCOCCO. The molecule has 0 aliphatic heterocycles. The molecule has 106 valence electrons. The third kappa shape index (κ3) is 6.64. The van der Waals surface area contributed by atoms with E-state index in [4.69, 9.17) is 14.6 Å². The van der Waals surface area contributed by atoms with Crippen LogP contribution in [0.5, 0.6) is 11.5 Å². The molecule has 6 nitrogen and oxygen atoms in total.